The van der Waals surface area contributed by atoms with E-state index in [2.05, 4.69) is 20.4 Å². The van der Waals surface area contributed by atoms with Gasteiger partial charge in [0.2, 0.25) is 21.5 Å². The van der Waals surface area contributed by atoms with E-state index in [4.69, 9.17) is 9.47 Å². The molecule has 2 saturated heterocycles. The van der Waals surface area contributed by atoms with Crippen LogP contribution in [0.5, 0.6) is 11.5 Å². The lowest BCUT2D eigenvalue weighted by atomic mass is 10.0. The minimum absolute atomic E-state index is 0.0176. The van der Waals surface area contributed by atoms with Crippen LogP contribution in [0.3, 0.4) is 0 Å². The lowest BCUT2D eigenvalue weighted by Crippen LogP contribution is -2.62. The molecule has 4 atom stereocenters. The van der Waals surface area contributed by atoms with E-state index in [9.17, 15) is 35.6 Å². The molecule has 9 rings (SSSR count). The number of aromatic nitrogens is 4. The Bertz CT molecular complexity index is 2560. The highest BCUT2D eigenvalue weighted by molar-refractivity contribution is 7.88. The van der Waals surface area contributed by atoms with Crippen LogP contribution in [0.25, 0.3) is 11.4 Å². The first-order valence-electron chi connectivity index (χ1n) is 18.5. The van der Waals surface area contributed by atoms with Gasteiger partial charge in [0, 0.05) is 51.4 Å². The fourth-order valence-electron chi connectivity index (χ4n) is 7.77. The van der Waals surface area contributed by atoms with Crippen LogP contribution in [0.1, 0.15) is 19.4 Å². The third-order valence-electron chi connectivity index (χ3n) is 10.6. The van der Waals surface area contributed by atoms with Crippen LogP contribution >= 0.6 is 0 Å². The number of sulfonamides is 1. The third kappa shape index (κ3) is 7.51. The SMILES string of the molecule is CC1Oc2c(cnn(-c3cc(F)cc(F)c3)c2=O)N2CCN(S(=O)(=O)Cc3ccccc3)CC12.CC1Oc2c(cnn(-c3cc(F)cc(F)c3)c2=O)N2CCNCC12. The predicted octanol–water partition coefficient (Wildman–Crippen LogP) is 3.38. The molecule has 14 nitrogen and oxygen atoms in total. The molecule has 2 fully saturated rings. The minimum atomic E-state index is -3.55. The van der Waals surface area contributed by atoms with E-state index < -0.39 is 50.5 Å². The molecule has 58 heavy (non-hydrogen) atoms. The van der Waals surface area contributed by atoms with E-state index in [1.165, 1.54) is 16.7 Å². The molecule has 4 unspecified atom stereocenters. The van der Waals surface area contributed by atoms with E-state index in [0.717, 1.165) is 59.3 Å². The van der Waals surface area contributed by atoms with Crippen molar-refractivity contribution in [2.24, 2.45) is 0 Å². The van der Waals surface area contributed by atoms with Gasteiger partial charge < -0.3 is 24.6 Å². The van der Waals surface area contributed by atoms with Crippen LogP contribution in [0.2, 0.25) is 0 Å². The maximum atomic E-state index is 13.7. The molecule has 5 aromatic rings. The Morgan fingerprint density at radius 3 is 1.74 bits per heavy atom. The Morgan fingerprint density at radius 1 is 0.707 bits per heavy atom. The number of anilines is 2. The van der Waals surface area contributed by atoms with Gasteiger partial charge in [0.15, 0.2) is 0 Å². The van der Waals surface area contributed by atoms with Crippen LogP contribution in [-0.4, -0.2) is 95.8 Å². The highest BCUT2D eigenvalue weighted by Crippen LogP contribution is 2.36. The molecule has 2 aromatic heterocycles. The van der Waals surface area contributed by atoms with E-state index in [-0.39, 0.29) is 59.9 Å². The summed E-state index contributed by atoms with van der Waals surface area (Å²) in [6.45, 7) is 6.77. The van der Waals surface area contributed by atoms with Gasteiger partial charge in [0.25, 0.3) is 0 Å². The third-order valence-corrected chi connectivity index (χ3v) is 12.4. The Kier molecular flexibility index (Phi) is 10.4. The van der Waals surface area contributed by atoms with E-state index in [0.29, 0.717) is 29.5 Å². The summed E-state index contributed by atoms with van der Waals surface area (Å²) in [6, 6.07) is 14.4. The number of hydrogen-bond acceptors (Lipinski definition) is 11. The number of rotatable bonds is 5. The van der Waals surface area contributed by atoms with Gasteiger partial charge in [0.05, 0.1) is 41.6 Å². The lowest BCUT2D eigenvalue weighted by molar-refractivity contribution is 0.137. The molecular weight excluding hydrogens is 785 g/mol. The van der Waals surface area contributed by atoms with Gasteiger partial charge in [-0.3, -0.25) is 9.59 Å². The number of halogens is 4. The highest BCUT2D eigenvalue weighted by Gasteiger charge is 2.42. The second-order valence-corrected chi connectivity index (χ2v) is 16.3. The predicted molar refractivity (Wildman–Crippen MR) is 205 cm³/mol. The van der Waals surface area contributed by atoms with Crippen molar-refractivity contribution in [3.05, 3.63) is 129 Å². The van der Waals surface area contributed by atoms with E-state index in [1.54, 1.807) is 31.2 Å². The largest absolute Gasteiger partial charge is 0.481 e. The topological polar surface area (TPSA) is 144 Å². The van der Waals surface area contributed by atoms with Crippen molar-refractivity contribution >= 4 is 21.4 Å². The molecule has 0 saturated carbocycles. The average Bonchev–Trinajstić information content (AvgIpc) is 3.18. The molecule has 0 aliphatic carbocycles. The molecule has 6 heterocycles. The summed E-state index contributed by atoms with van der Waals surface area (Å²) in [6.07, 6.45) is 2.24. The first-order chi connectivity index (χ1) is 27.8. The van der Waals surface area contributed by atoms with Crippen LogP contribution in [0.4, 0.5) is 28.9 Å². The van der Waals surface area contributed by atoms with Crippen molar-refractivity contribution in [3.8, 4) is 22.9 Å². The van der Waals surface area contributed by atoms with Gasteiger partial charge in [-0.25, -0.2) is 26.0 Å². The van der Waals surface area contributed by atoms with Gasteiger partial charge >= 0.3 is 11.1 Å². The summed E-state index contributed by atoms with van der Waals surface area (Å²) >= 11 is 0. The quantitative estimate of drug-likeness (QED) is 0.261. The average molecular weight is 823 g/mol. The Hall–Kier alpha value is -5.79. The monoisotopic (exact) mass is 822 g/mol. The fraction of sp³-hybridized carbons (Fsp3) is 0.333. The maximum Gasteiger partial charge on any atom is 0.316 e. The second kappa shape index (κ2) is 15.5. The van der Waals surface area contributed by atoms with Crippen molar-refractivity contribution in [3.63, 3.8) is 0 Å². The summed E-state index contributed by atoms with van der Waals surface area (Å²) in [5, 5.41) is 11.5. The molecule has 0 bridgehead atoms. The summed E-state index contributed by atoms with van der Waals surface area (Å²) in [4.78, 5) is 29.8. The van der Waals surface area contributed by atoms with Gasteiger partial charge in [-0.05, 0) is 43.7 Å². The number of benzene rings is 3. The van der Waals surface area contributed by atoms with Crippen molar-refractivity contribution in [2.45, 2.75) is 43.9 Å². The van der Waals surface area contributed by atoms with Gasteiger partial charge in [0.1, 0.15) is 46.9 Å². The van der Waals surface area contributed by atoms with Crippen LogP contribution in [-0.2, 0) is 15.8 Å². The Labute approximate surface area is 329 Å². The standard InChI is InChI=1S/C23H22F2N4O4S.C16H16F2N4O2/c1-15-21-13-27(34(31,32)14-16-5-3-2-4-6-16)7-8-28(21)20-12-26-29(23(30)22(20)33-15)19-10-17(24)9-18(25)11-19;1-9-13-7-19-2-3-21(13)14-8-20-22(16(23)15(14)24-9)12-5-10(17)4-11(18)6-12/h2-6,9-12,15,21H,7-8,13-14H2,1H3;4-6,8-9,13,19H,2-3,7H2,1H3. The molecular formula is C39H38F4N8O6S. The first kappa shape index (κ1) is 39.1. The van der Waals surface area contributed by atoms with Crippen molar-refractivity contribution in [1.82, 2.24) is 29.2 Å². The number of piperazine rings is 2. The van der Waals surface area contributed by atoms with Crippen LogP contribution in [0.15, 0.2) is 88.7 Å². The molecule has 0 radical (unpaired) electrons. The molecule has 4 aliphatic heterocycles. The van der Waals surface area contributed by atoms with E-state index in [1.807, 2.05) is 17.9 Å². The van der Waals surface area contributed by atoms with Crippen LogP contribution in [0, 0.1) is 23.3 Å². The van der Waals surface area contributed by atoms with Crippen molar-refractivity contribution in [1.29, 1.82) is 0 Å². The normalized spacial score (nSPS) is 21.3. The smallest absolute Gasteiger partial charge is 0.316 e. The number of fused-ring (bicyclic) bond motifs is 6. The molecule has 0 spiro atoms. The number of nitrogens with one attached hydrogen (secondary N) is 1. The first-order valence-corrected chi connectivity index (χ1v) is 20.1. The van der Waals surface area contributed by atoms with Crippen molar-refractivity contribution < 1.29 is 35.5 Å². The molecule has 19 heteroatoms. The summed E-state index contributed by atoms with van der Waals surface area (Å²) in [5.74, 6) is -3.11. The fourth-order valence-corrected chi connectivity index (χ4v) is 9.30. The van der Waals surface area contributed by atoms with Crippen molar-refractivity contribution in [2.75, 3.05) is 49.1 Å². The number of ether oxygens (including phenoxy) is 2. The number of nitrogens with zero attached hydrogens (tertiary/aromatic N) is 7. The lowest BCUT2D eigenvalue weighted by Gasteiger charge is -2.47. The van der Waals surface area contributed by atoms with Crippen LogP contribution < -0.4 is 35.7 Å². The molecule has 4 aliphatic rings. The van der Waals surface area contributed by atoms with E-state index >= 15 is 0 Å². The summed E-state index contributed by atoms with van der Waals surface area (Å²) in [5.41, 5.74) is 0.563. The molecule has 1 N–H and O–H groups in total. The zero-order chi connectivity index (χ0) is 40.9. The summed E-state index contributed by atoms with van der Waals surface area (Å²) in [7, 11) is -3.55. The van der Waals surface area contributed by atoms with Gasteiger partial charge in [-0.2, -0.15) is 23.9 Å². The Morgan fingerprint density at radius 2 is 1.21 bits per heavy atom. The second-order valence-electron chi connectivity index (χ2n) is 14.4. The maximum absolute atomic E-state index is 13.7. The minimum Gasteiger partial charge on any atom is -0.481 e. The Balaban J connectivity index is 0.000000172. The molecule has 304 valence electrons. The van der Waals surface area contributed by atoms with Gasteiger partial charge in [-0.1, -0.05) is 30.3 Å². The zero-order valence-corrected chi connectivity index (χ0v) is 32.1. The number of hydrogen-bond donors (Lipinski definition) is 1. The van der Waals surface area contributed by atoms with Gasteiger partial charge in [-0.15, -0.1) is 0 Å². The summed E-state index contributed by atoms with van der Waals surface area (Å²) < 4.78 is 95.3. The molecule has 0 amide bonds. The highest BCUT2D eigenvalue weighted by atomic mass is 32.2. The molecule has 3 aromatic carbocycles. The zero-order valence-electron chi connectivity index (χ0n) is 31.3.